The van der Waals surface area contributed by atoms with Gasteiger partial charge in [0, 0.05) is 26.3 Å². The molecule has 1 aliphatic rings. The Labute approximate surface area is 181 Å². The number of hydrogen-bond acceptors (Lipinski definition) is 8. The number of fused-ring (bicyclic) bond motifs is 1. The summed E-state index contributed by atoms with van der Waals surface area (Å²) in [7, 11) is -0.488. The number of aromatic amines is 1. The van der Waals surface area contributed by atoms with E-state index in [1.165, 1.54) is 19.8 Å². The van der Waals surface area contributed by atoms with Crippen molar-refractivity contribution in [3.8, 4) is 0 Å². The molecule has 1 aliphatic heterocycles. The minimum atomic E-state index is -3.60. The summed E-state index contributed by atoms with van der Waals surface area (Å²) in [6.07, 6.45) is 7.21. The zero-order valence-corrected chi connectivity index (χ0v) is 18.4. The lowest BCUT2D eigenvalue weighted by atomic mass is 9.98. The van der Waals surface area contributed by atoms with E-state index in [9.17, 15) is 8.42 Å². The zero-order chi connectivity index (χ0) is 21.8. The van der Waals surface area contributed by atoms with Crippen molar-refractivity contribution in [3.05, 3.63) is 30.9 Å². The minimum absolute atomic E-state index is 0.182. The molecule has 0 saturated carbocycles. The summed E-state index contributed by atoms with van der Waals surface area (Å²) in [5, 5.41) is 3.32. The first kappa shape index (κ1) is 21.5. The third-order valence-corrected chi connectivity index (χ3v) is 7.03. The lowest BCUT2D eigenvalue weighted by Gasteiger charge is -2.38. The number of sulfonamides is 1. The molecule has 31 heavy (non-hydrogen) atoms. The molecule has 0 spiro atoms. The molecule has 1 unspecified atom stereocenters. The van der Waals surface area contributed by atoms with Crippen LogP contribution in [0, 0.1) is 0 Å². The molecule has 0 bridgehead atoms. The van der Waals surface area contributed by atoms with Gasteiger partial charge >= 0.3 is 0 Å². The van der Waals surface area contributed by atoms with E-state index in [-0.39, 0.29) is 4.90 Å². The molecule has 4 rings (SSSR count). The number of imidazole rings is 1. The summed E-state index contributed by atoms with van der Waals surface area (Å²) < 4.78 is 32.6. The standard InChI is InChI=1S/C20H27N7O3S/c1-21-31(28,29)15-6-7-17(27-9-4-3-5-14(27)8-10-30-2)16(11-15)26-20-18-19(23-12-22-18)24-13-25-20/h6-7,11-14,21H,3-5,8-10H2,1-2H3,(H2,22,23,24,25,26). The van der Waals surface area contributed by atoms with Crippen LogP contribution in [0.5, 0.6) is 0 Å². The first-order valence-corrected chi connectivity index (χ1v) is 11.8. The number of aromatic nitrogens is 4. The van der Waals surface area contributed by atoms with Gasteiger partial charge in [0.2, 0.25) is 10.0 Å². The third-order valence-electron chi connectivity index (χ3n) is 5.61. The van der Waals surface area contributed by atoms with Gasteiger partial charge in [0.1, 0.15) is 11.8 Å². The summed E-state index contributed by atoms with van der Waals surface area (Å²) in [6.45, 7) is 1.57. The first-order valence-electron chi connectivity index (χ1n) is 10.3. The molecular formula is C20H27N7O3S. The van der Waals surface area contributed by atoms with Crippen LogP contribution in [0.15, 0.2) is 35.7 Å². The average Bonchev–Trinajstić information content (AvgIpc) is 3.28. The molecule has 1 aromatic carbocycles. The van der Waals surface area contributed by atoms with Gasteiger partial charge in [0.15, 0.2) is 11.5 Å². The molecule has 3 N–H and O–H groups in total. The SMILES string of the molecule is CNS(=O)(=O)c1ccc(N2CCCCC2CCOC)c(Nc2ncnc3nc[nH]c23)c1. The van der Waals surface area contributed by atoms with Crippen LogP contribution in [-0.2, 0) is 14.8 Å². The van der Waals surface area contributed by atoms with Gasteiger partial charge in [-0.2, -0.15) is 0 Å². The van der Waals surface area contributed by atoms with Gasteiger partial charge in [-0.25, -0.2) is 28.1 Å². The molecule has 0 aliphatic carbocycles. The lowest BCUT2D eigenvalue weighted by molar-refractivity contribution is 0.182. The Morgan fingerprint density at radius 2 is 2.13 bits per heavy atom. The molecule has 3 heterocycles. The van der Waals surface area contributed by atoms with Crippen molar-refractivity contribution in [3.63, 3.8) is 0 Å². The minimum Gasteiger partial charge on any atom is -0.385 e. The maximum absolute atomic E-state index is 12.5. The van der Waals surface area contributed by atoms with Crippen molar-refractivity contribution in [2.24, 2.45) is 0 Å². The lowest BCUT2D eigenvalue weighted by Crippen LogP contribution is -2.40. The van der Waals surface area contributed by atoms with E-state index < -0.39 is 10.0 Å². The van der Waals surface area contributed by atoms with E-state index in [1.54, 1.807) is 25.6 Å². The Bertz CT molecular complexity index is 1150. The molecule has 166 valence electrons. The molecule has 1 atom stereocenters. The van der Waals surface area contributed by atoms with Crippen LogP contribution in [0.3, 0.4) is 0 Å². The van der Waals surface area contributed by atoms with E-state index >= 15 is 0 Å². The Hall–Kier alpha value is -2.76. The second kappa shape index (κ2) is 9.16. The quantitative estimate of drug-likeness (QED) is 0.483. The van der Waals surface area contributed by atoms with Crippen molar-refractivity contribution >= 4 is 38.4 Å². The largest absolute Gasteiger partial charge is 0.385 e. The number of rotatable bonds is 8. The molecule has 2 aromatic heterocycles. The van der Waals surface area contributed by atoms with Crippen molar-refractivity contribution in [2.75, 3.05) is 37.5 Å². The van der Waals surface area contributed by atoms with Crippen molar-refractivity contribution in [1.82, 2.24) is 24.7 Å². The van der Waals surface area contributed by atoms with E-state index in [1.807, 2.05) is 6.07 Å². The van der Waals surface area contributed by atoms with Crippen molar-refractivity contribution < 1.29 is 13.2 Å². The van der Waals surface area contributed by atoms with E-state index in [2.05, 4.69) is 34.9 Å². The topological polar surface area (TPSA) is 125 Å². The van der Waals surface area contributed by atoms with Crippen molar-refractivity contribution in [2.45, 2.75) is 36.6 Å². The summed E-state index contributed by atoms with van der Waals surface area (Å²) in [4.78, 5) is 18.2. The first-order chi connectivity index (χ1) is 15.0. The van der Waals surface area contributed by atoms with Crippen LogP contribution < -0.4 is 14.9 Å². The Kier molecular flexibility index (Phi) is 6.35. The van der Waals surface area contributed by atoms with Gasteiger partial charge in [0.05, 0.1) is 22.6 Å². The fraction of sp³-hybridized carbons (Fsp3) is 0.450. The summed E-state index contributed by atoms with van der Waals surface area (Å²) in [6, 6.07) is 5.47. The monoisotopic (exact) mass is 445 g/mol. The predicted octanol–water partition coefficient (Wildman–Crippen LogP) is 2.40. The highest BCUT2D eigenvalue weighted by Crippen LogP contribution is 2.36. The zero-order valence-electron chi connectivity index (χ0n) is 17.6. The number of methoxy groups -OCH3 is 1. The van der Waals surface area contributed by atoms with Gasteiger partial charge < -0.3 is 19.9 Å². The smallest absolute Gasteiger partial charge is 0.240 e. The molecule has 3 aromatic rings. The number of nitrogens with one attached hydrogen (secondary N) is 3. The fourth-order valence-corrected chi connectivity index (χ4v) is 4.77. The second-order valence-corrected chi connectivity index (χ2v) is 9.35. The maximum atomic E-state index is 12.5. The van der Waals surface area contributed by atoms with Crippen LogP contribution in [0.4, 0.5) is 17.2 Å². The average molecular weight is 446 g/mol. The molecule has 10 nitrogen and oxygen atoms in total. The van der Waals surface area contributed by atoms with E-state index in [4.69, 9.17) is 4.74 Å². The van der Waals surface area contributed by atoms with Crippen LogP contribution >= 0.6 is 0 Å². The Balaban J connectivity index is 1.78. The van der Waals surface area contributed by atoms with Crippen LogP contribution in [0.2, 0.25) is 0 Å². The summed E-state index contributed by atoms with van der Waals surface area (Å²) in [5.41, 5.74) is 2.79. The fourth-order valence-electron chi connectivity index (χ4n) is 4.01. The molecular weight excluding hydrogens is 418 g/mol. The van der Waals surface area contributed by atoms with Gasteiger partial charge in [-0.1, -0.05) is 0 Å². The van der Waals surface area contributed by atoms with E-state index in [0.717, 1.165) is 31.5 Å². The number of benzene rings is 1. The van der Waals surface area contributed by atoms with Gasteiger partial charge in [-0.3, -0.25) is 0 Å². The molecule has 0 amide bonds. The highest BCUT2D eigenvalue weighted by Gasteiger charge is 2.26. The normalized spacial score (nSPS) is 17.2. The molecule has 1 saturated heterocycles. The maximum Gasteiger partial charge on any atom is 0.240 e. The van der Waals surface area contributed by atoms with Crippen molar-refractivity contribution in [1.29, 1.82) is 0 Å². The Morgan fingerprint density at radius 1 is 1.26 bits per heavy atom. The highest BCUT2D eigenvalue weighted by atomic mass is 32.2. The van der Waals surface area contributed by atoms with Crippen LogP contribution in [0.1, 0.15) is 25.7 Å². The van der Waals surface area contributed by atoms with Gasteiger partial charge in [0.25, 0.3) is 0 Å². The predicted molar refractivity (Wildman–Crippen MR) is 119 cm³/mol. The Morgan fingerprint density at radius 3 is 2.94 bits per heavy atom. The second-order valence-electron chi connectivity index (χ2n) is 7.46. The number of nitrogens with zero attached hydrogens (tertiary/aromatic N) is 4. The number of anilines is 3. The summed E-state index contributed by atoms with van der Waals surface area (Å²) >= 11 is 0. The van der Waals surface area contributed by atoms with Crippen LogP contribution in [0.25, 0.3) is 11.2 Å². The third kappa shape index (κ3) is 4.48. The number of H-pyrrole nitrogens is 1. The molecule has 0 radical (unpaired) electrons. The van der Waals surface area contributed by atoms with Gasteiger partial charge in [-0.15, -0.1) is 0 Å². The van der Waals surface area contributed by atoms with E-state index in [0.29, 0.717) is 35.3 Å². The number of ether oxygens (including phenoxy) is 1. The highest BCUT2D eigenvalue weighted by molar-refractivity contribution is 7.89. The molecule has 11 heteroatoms. The number of hydrogen-bond donors (Lipinski definition) is 3. The van der Waals surface area contributed by atoms with Gasteiger partial charge in [-0.05, 0) is 50.9 Å². The summed E-state index contributed by atoms with van der Waals surface area (Å²) in [5.74, 6) is 0.535. The van der Waals surface area contributed by atoms with Crippen LogP contribution in [-0.4, -0.2) is 61.7 Å². The molecule has 1 fully saturated rings. The number of piperidine rings is 1.